The molecule has 6 heteroatoms. The van der Waals surface area contributed by atoms with E-state index in [1.54, 1.807) is 26.0 Å². The third-order valence-corrected chi connectivity index (χ3v) is 3.78. The molecular weight excluding hydrogens is 288 g/mol. The quantitative estimate of drug-likeness (QED) is 0.683. The molecule has 0 atom stereocenters. The van der Waals surface area contributed by atoms with E-state index < -0.39 is 0 Å². The lowest BCUT2D eigenvalue weighted by atomic mass is 10.2. The van der Waals surface area contributed by atoms with Crippen molar-refractivity contribution >= 4 is 17.7 Å². The largest absolute Gasteiger partial charge is 0.493 e. The van der Waals surface area contributed by atoms with Gasteiger partial charge in [-0.3, -0.25) is 4.79 Å². The fourth-order valence-electron chi connectivity index (χ4n) is 1.87. The summed E-state index contributed by atoms with van der Waals surface area (Å²) in [6.45, 7) is 3.66. The first kappa shape index (κ1) is 17.7. The molecule has 0 fully saturated rings. The first-order chi connectivity index (χ1) is 10.2. The summed E-state index contributed by atoms with van der Waals surface area (Å²) in [5, 5.41) is 5.99. The van der Waals surface area contributed by atoms with Crippen LogP contribution in [0.4, 0.5) is 0 Å². The Morgan fingerprint density at radius 1 is 1.24 bits per heavy atom. The number of thioether (sulfide) groups is 1. The monoisotopic (exact) mass is 312 g/mol. The molecule has 0 heterocycles. The SMILES string of the molecule is CCCNC(=O)CNCc1cc(OC)c(OC)cc1SC. The number of hydrogen-bond acceptors (Lipinski definition) is 5. The van der Waals surface area contributed by atoms with Crippen LogP contribution in [-0.2, 0) is 11.3 Å². The number of amides is 1. The summed E-state index contributed by atoms with van der Waals surface area (Å²) in [7, 11) is 3.24. The molecule has 5 nitrogen and oxygen atoms in total. The summed E-state index contributed by atoms with van der Waals surface area (Å²) < 4.78 is 10.6. The Balaban J connectivity index is 2.67. The van der Waals surface area contributed by atoms with Crippen LogP contribution in [0.1, 0.15) is 18.9 Å². The number of methoxy groups -OCH3 is 2. The minimum absolute atomic E-state index is 0.0167. The van der Waals surface area contributed by atoms with Crippen LogP contribution in [0, 0.1) is 0 Å². The van der Waals surface area contributed by atoms with E-state index in [2.05, 4.69) is 10.6 Å². The van der Waals surface area contributed by atoms with Crippen LogP contribution in [-0.4, -0.2) is 39.5 Å². The highest BCUT2D eigenvalue weighted by Gasteiger charge is 2.11. The van der Waals surface area contributed by atoms with E-state index in [9.17, 15) is 4.79 Å². The lowest BCUT2D eigenvalue weighted by Gasteiger charge is -2.14. The van der Waals surface area contributed by atoms with Crippen molar-refractivity contribution in [2.45, 2.75) is 24.8 Å². The normalized spacial score (nSPS) is 10.3. The predicted molar refractivity (Wildman–Crippen MR) is 86.3 cm³/mol. The first-order valence-electron chi connectivity index (χ1n) is 6.92. The number of rotatable bonds is 9. The molecule has 0 spiro atoms. The summed E-state index contributed by atoms with van der Waals surface area (Å²) in [5.74, 6) is 1.43. The van der Waals surface area contributed by atoms with Gasteiger partial charge in [-0.05, 0) is 30.4 Å². The second-order valence-electron chi connectivity index (χ2n) is 4.47. The van der Waals surface area contributed by atoms with E-state index in [-0.39, 0.29) is 5.91 Å². The van der Waals surface area contributed by atoms with Crippen molar-refractivity contribution in [1.82, 2.24) is 10.6 Å². The average molecular weight is 312 g/mol. The van der Waals surface area contributed by atoms with Crippen molar-refractivity contribution in [1.29, 1.82) is 0 Å². The lowest BCUT2D eigenvalue weighted by Crippen LogP contribution is -2.34. The number of ether oxygens (including phenoxy) is 2. The van der Waals surface area contributed by atoms with E-state index in [0.717, 1.165) is 16.9 Å². The summed E-state index contributed by atoms with van der Waals surface area (Å²) in [6, 6.07) is 3.90. The van der Waals surface area contributed by atoms with Gasteiger partial charge in [0.05, 0.1) is 20.8 Å². The zero-order valence-electron chi connectivity index (χ0n) is 13.1. The van der Waals surface area contributed by atoms with Crippen molar-refractivity contribution in [3.05, 3.63) is 17.7 Å². The fraction of sp³-hybridized carbons (Fsp3) is 0.533. The zero-order valence-corrected chi connectivity index (χ0v) is 13.9. The molecule has 0 aromatic heterocycles. The fourth-order valence-corrected chi connectivity index (χ4v) is 2.49. The van der Waals surface area contributed by atoms with Gasteiger partial charge in [-0.15, -0.1) is 11.8 Å². The highest BCUT2D eigenvalue weighted by molar-refractivity contribution is 7.98. The van der Waals surface area contributed by atoms with Crippen molar-refractivity contribution < 1.29 is 14.3 Å². The molecule has 1 rings (SSSR count). The maximum Gasteiger partial charge on any atom is 0.233 e. The summed E-state index contributed by atoms with van der Waals surface area (Å²) in [5.41, 5.74) is 1.09. The summed E-state index contributed by atoms with van der Waals surface area (Å²) in [4.78, 5) is 12.7. The van der Waals surface area contributed by atoms with E-state index in [0.29, 0.717) is 31.1 Å². The predicted octanol–water partition coefficient (Wildman–Crippen LogP) is 2.04. The van der Waals surface area contributed by atoms with Crippen LogP contribution in [0.5, 0.6) is 11.5 Å². The second-order valence-corrected chi connectivity index (χ2v) is 5.32. The molecule has 0 radical (unpaired) electrons. The van der Waals surface area contributed by atoms with Crippen LogP contribution in [0.2, 0.25) is 0 Å². The molecule has 1 aromatic rings. The van der Waals surface area contributed by atoms with Gasteiger partial charge in [0, 0.05) is 18.0 Å². The molecule has 21 heavy (non-hydrogen) atoms. The van der Waals surface area contributed by atoms with Crippen molar-refractivity contribution in [2.24, 2.45) is 0 Å². The van der Waals surface area contributed by atoms with Crippen molar-refractivity contribution in [3.8, 4) is 11.5 Å². The van der Waals surface area contributed by atoms with Gasteiger partial charge in [0.2, 0.25) is 5.91 Å². The Bertz CT molecular complexity index is 466. The third kappa shape index (κ3) is 5.47. The van der Waals surface area contributed by atoms with Crippen molar-refractivity contribution in [2.75, 3.05) is 33.6 Å². The average Bonchev–Trinajstić information content (AvgIpc) is 2.52. The van der Waals surface area contributed by atoms with E-state index in [1.165, 1.54) is 0 Å². The van der Waals surface area contributed by atoms with Crippen LogP contribution in [0.25, 0.3) is 0 Å². The van der Waals surface area contributed by atoms with Gasteiger partial charge in [-0.25, -0.2) is 0 Å². The molecular formula is C15H24N2O3S. The molecule has 0 bridgehead atoms. The molecule has 0 aliphatic heterocycles. The molecule has 0 saturated carbocycles. The Kier molecular flexibility index (Phi) is 8.00. The first-order valence-corrected chi connectivity index (χ1v) is 8.15. The van der Waals surface area contributed by atoms with Crippen LogP contribution < -0.4 is 20.1 Å². The Hall–Kier alpha value is -1.40. The second kappa shape index (κ2) is 9.52. The number of benzene rings is 1. The topological polar surface area (TPSA) is 59.6 Å². The number of carbonyl (C=O) groups is 1. The molecule has 1 amide bonds. The number of carbonyl (C=O) groups excluding carboxylic acids is 1. The van der Waals surface area contributed by atoms with Crippen molar-refractivity contribution in [3.63, 3.8) is 0 Å². The highest BCUT2D eigenvalue weighted by Crippen LogP contribution is 2.34. The summed E-state index contributed by atoms with van der Waals surface area (Å²) >= 11 is 1.64. The van der Waals surface area contributed by atoms with Gasteiger partial charge < -0.3 is 20.1 Å². The maximum absolute atomic E-state index is 11.5. The van der Waals surface area contributed by atoms with E-state index in [1.807, 2.05) is 25.3 Å². The molecule has 0 aliphatic rings. The maximum atomic E-state index is 11.5. The van der Waals surface area contributed by atoms with E-state index >= 15 is 0 Å². The van der Waals surface area contributed by atoms with Gasteiger partial charge in [0.25, 0.3) is 0 Å². The van der Waals surface area contributed by atoms with E-state index in [4.69, 9.17) is 9.47 Å². The molecule has 2 N–H and O–H groups in total. The molecule has 118 valence electrons. The molecule has 0 unspecified atom stereocenters. The van der Waals surface area contributed by atoms with Crippen LogP contribution >= 0.6 is 11.8 Å². The zero-order chi connectivity index (χ0) is 15.7. The standard InChI is InChI=1S/C15H24N2O3S/c1-5-6-17-15(18)10-16-9-11-7-12(19-2)13(20-3)8-14(11)21-4/h7-8,16H,5-6,9-10H2,1-4H3,(H,17,18). The smallest absolute Gasteiger partial charge is 0.233 e. The summed E-state index contributed by atoms with van der Waals surface area (Å²) in [6.07, 6.45) is 2.96. The van der Waals surface area contributed by atoms with Crippen LogP contribution in [0.3, 0.4) is 0 Å². The number of nitrogens with one attached hydrogen (secondary N) is 2. The van der Waals surface area contributed by atoms with Gasteiger partial charge in [0.1, 0.15) is 0 Å². The molecule has 0 saturated heterocycles. The van der Waals surface area contributed by atoms with Gasteiger partial charge >= 0.3 is 0 Å². The highest BCUT2D eigenvalue weighted by atomic mass is 32.2. The Morgan fingerprint density at radius 3 is 2.48 bits per heavy atom. The van der Waals surface area contributed by atoms with Gasteiger partial charge in [-0.1, -0.05) is 6.92 Å². The molecule has 0 aliphatic carbocycles. The van der Waals surface area contributed by atoms with Gasteiger partial charge in [-0.2, -0.15) is 0 Å². The number of hydrogen-bond donors (Lipinski definition) is 2. The van der Waals surface area contributed by atoms with Gasteiger partial charge in [0.15, 0.2) is 11.5 Å². The third-order valence-electron chi connectivity index (χ3n) is 2.96. The Labute approximate surface area is 130 Å². The lowest BCUT2D eigenvalue weighted by molar-refractivity contribution is -0.120. The Morgan fingerprint density at radius 2 is 1.90 bits per heavy atom. The van der Waals surface area contributed by atoms with Crippen LogP contribution in [0.15, 0.2) is 17.0 Å². The minimum atomic E-state index is 0.0167. The minimum Gasteiger partial charge on any atom is -0.493 e. The molecule has 1 aromatic carbocycles.